The molecule has 0 saturated carbocycles. The van der Waals surface area contributed by atoms with Gasteiger partial charge in [-0.1, -0.05) is 13.8 Å². The molecule has 19 heavy (non-hydrogen) atoms. The molecule has 0 radical (unpaired) electrons. The first-order chi connectivity index (χ1) is 9.26. The van der Waals surface area contributed by atoms with Crippen molar-refractivity contribution in [3.8, 4) is 5.75 Å². The Morgan fingerprint density at radius 2 is 1.95 bits per heavy atom. The number of nitrogens with one attached hydrogen (secondary N) is 2. The first kappa shape index (κ1) is 15.5. The summed E-state index contributed by atoms with van der Waals surface area (Å²) in [6.07, 6.45) is 2.70. The molecule has 1 aromatic heterocycles. The molecular weight excluding hydrogens is 242 g/mol. The standard InChI is InChI=1S/C13H25N5O/c1-5-8-18(6-2)9-7-15-13-11(19-4)12(14-3)16-10-17-13/h10H,5-9H2,1-4H3,(H2,14,15,16,17). The highest BCUT2D eigenvalue weighted by Crippen LogP contribution is 2.27. The number of rotatable bonds is 9. The predicted molar refractivity (Wildman–Crippen MR) is 79.0 cm³/mol. The highest BCUT2D eigenvalue weighted by Gasteiger charge is 2.10. The van der Waals surface area contributed by atoms with E-state index in [1.165, 1.54) is 12.7 Å². The third kappa shape index (κ3) is 4.55. The van der Waals surface area contributed by atoms with E-state index >= 15 is 0 Å². The average molecular weight is 267 g/mol. The first-order valence-electron chi connectivity index (χ1n) is 6.79. The number of methoxy groups -OCH3 is 1. The Morgan fingerprint density at radius 1 is 1.21 bits per heavy atom. The van der Waals surface area contributed by atoms with Crippen LogP contribution >= 0.6 is 0 Å². The van der Waals surface area contributed by atoms with Crippen molar-refractivity contribution in [2.75, 3.05) is 51.0 Å². The highest BCUT2D eigenvalue weighted by molar-refractivity contribution is 5.63. The maximum atomic E-state index is 5.34. The van der Waals surface area contributed by atoms with Gasteiger partial charge in [0, 0.05) is 20.1 Å². The lowest BCUT2D eigenvalue weighted by molar-refractivity contribution is 0.299. The van der Waals surface area contributed by atoms with Crippen molar-refractivity contribution in [1.29, 1.82) is 0 Å². The number of hydrogen-bond acceptors (Lipinski definition) is 6. The van der Waals surface area contributed by atoms with Crippen LogP contribution in [0.25, 0.3) is 0 Å². The molecule has 0 atom stereocenters. The van der Waals surface area contributed by atoms with E-state index in [1.54, 1.807) is 7.11 Å². The molecule has 6 nitrogen and oxygen atoms in total. The zero-order valence-corrected chi connectivity index (χ0v) is 12.4. The zero-order valence-electron chi connectivity index (χ0n) is 12.4. The second kappa shape index (κ2) is 8.53. The molecule has 6 heteroatoms. The van der Waals surface area contributed by atoms with Crippen LogP contribution in [0.4, 0.5) is 11.6 Å². The average Bonchev–Trinajstić information content (AvgIpc) is 2.45. The van der Waals surface area contributed by atoms with E-state index in [9.17, 15) is 0 Å². The predicted octanol–water partition coefficient (Wildman–Crippen LogP) is 1.67. The number of likely N-dealkylation sites (N-methyl/N-ethyl adjacent to an activating group) is 1. The van der Waals surface area contributed by atoms with Crippen LogP contribution in [0.2, 0.25) is 0 Å². The lowest BCUT2D eigenvalue weighted by atomic mass is 10.4. The fourth-order valence-corrected chi connectivity index (χ4v) is 1.95. The van der Waals surface area contributed by atoms with Crippen LogP contribution < -0.4 is 15.4 Å². The van der Waals surface area contributed by atoms with Gasteiger partial charge >= 0.3 is 0 Å². The van der Waals surface area contributed by atoms with E-state index in [0.717, 1.165) is 32.0 Å². The molecule has 0 saturated heterocycles. The summed E-state index contributed by atoms with van der Waals surface area (Å²) in [7, 11) is 3.44. The van der Waals surface area contributed by atoms with Gasteiger partial charge in [0.25, 0.3) is 0 Å². The molecule has 0 spiro atoms. The van der Waals surface area contributed by atoms with Crippen LogP contribution in [0, 0.1) is 0 Å². The SMILES string of the molecule is CCCN(CC)CCNc1ncnc(NC)c1OC. The molecule has 0 amide bonds. The van der Waals surface area contributed by atoms with Crippen molar-refractivity contribution < 1.29 is 4.74 Å². The van der Waals surface area contributed by atoms with E-state index in [4.69, 9.17) is 4.74 Å². The van der Waals surface area contributed by atoms with Crippen LogP contribution in [0.1, 0.15) is 20.3 Å². The molecule has 108 valence electrons. The van der Waals surface area contributed by atoms with E-state index < -0.39 is 0 Å². The van der Waals surface area contributed by atoms with Crippen molar-refractivity contribution >= 4 is 11.6 Å². The number of ether oxygens (including phenoxy) is 1. The normalized spacial score (nSPS) is 10.6. The molecule has 0 fully saturated rings. The van der Waals surface area contributed by atoms with Gasteiger partial charge in [-0.3, -0.25) is 0 Å². The Morgan fingerprint density at radius 3 is 2.53 bits per heavy atom. The molecule has 1 rings (SSSR count). The Kier molecular flexibility index (Phi) is 6.95. The van der Waals surface area contributed by atoms with E-state index in [0.29, 0.717) is 11.6 Å². The van der Waals surface area contributed by atoms with Crippen molar-refractivity contribution in [2.45, 2.75) is 20.3 Å². The molecule has 0 aliphatic heterocycles. The van der Waals surface area contributed by atoms with Crippen LogP contribution in [0.3, 0.4) is 0 Å². The van der Waals surface area contributed by atoms with Gasteiger partial charge < -0.3 is 20.3 Å². The topological polar surface area (TPSA) is 62.3 Å². The zero-order chi connectivity index (χ0) is 14.1. The van der Waals surface area contributed by atoms with Gasteiger partial charge in [-0.25, -0.2) is 9.97 Å². The van der Waals surface area contributed by atoms with E-state index in [1.807, 2.05) is 7.05 Å². The minimum atomic E-state index is 0.656. The molecule has 0 unspecified atom stereocenters. The number of nitrogens with zero attached hydrogens (tertiary/aromatic N) is 3. The third-order valence-corrected chi connectivity index (χ3v) is 2.95. The molecule has 0 aromatic carbocycles. The van der Waals surface area contributed by atoms with Crippen molar-refractivity contribution in [3.05, 3.63) is 6.33 Å². The van der Waals surface area contributed by atoms with Crippen LogP contribution in [0.15, 0.2) is 6.33 Å². The smallest absolute Gasteiger partial charge is 0.204 e. The molecule has 0 bridgehead atoms. The summed E-state index contributed by atoms with van der Waals surface area (Å²) in [5, 5.41) is 6.30. The largest absolute Gasteiger partial charge is 0.490 e. The Labute approximate surface area is 115 Å². The maximum absolute atomic E-state index is 5.34. The second-order valence-corrected chi connectivity index (χ2v) is 4.22. The monoisotopic (exact) mass is 267 g/mol. The third-order valence-electron chi connectivity index (χ3n) is 2.95. The fourth-order valence-electron chi connectivity index (χ4n) is 1.95. The highest BCUT2D eigenvalue weighted by atomic mass is 16.5. The van der Waals surface area contributed by atoms with Gasteiger partial charge in [0.15, 0.2) is 11.6 Å². The van der Waals surface area contributed by atoms with Crippen molar-refractivity contribution in [1.82, 2.24) is 14.9 Å². The summed E-state index contributed by atoms with van der Waals surface area (Å²) in [5.41, 5.74) is 0. The number of anilines is 2. The molecular formula is C13H25N5O. The van der Waals surface area contributed by atoms with Gasteiger partial charge in [-0.2, -0.15) is 0 Å². The summed E-state index contributed by atoms with van der Waals surface area (Å²) in [4.78, 5) is 10.7. The molecule has 1 heterocycles. The number of hydrogen-bond donors (Lipinski definition) is 2. The van der Waals surface area contributed by atoms with Crippen molar-refractivity contribution in [2.24, 2.45) is 0 Å². The minimum Gasteiger partial charge on any atom is -0.490 e. The van der Waals surface area contributed by atoms with Crippen LogP contribution in [-0.4, -0.2) is 55.2 Å². The summed E-state index contributed by atoms with van der Waals surface area (Å²) in [6.45, 7) is 8.40. The molecule has 2 N–H and O–H groups in total. The summed E-state index contributed by atoms with van der Waals surface area (Å²) < 4.78 is 5.34. The van der Waals surface area contributed by atoms with E-state index in [2.05, 4.69) is 39.3 Å². The molecule has 0 aliphatic carbocycles. The van der Waals surface area contributed by atoms with Crippen LogP contribution in [0.5, 0.6) is 5.75 Å². The van der Waals surface area contributed by atoms with Gasteiger partial charge in [0.05, 0.1) is 7.11 Å². The Hall–Kier alpha value is -1.56. The summed E-state index contributed by atoms with van der Waals surface area (Å²) in [6, 6.07) is 0. The van der Waals surface area contributed by atoms with Gasteiger partial charge in [0.2, 0.25) is 5.75 Å². The van der Waals surface area contributed by atoms with Crippen molar-refractivity contribution in [3.63, 3.8) is 0 Å². The Bertz CT molecular complexity index is 372. The fraction of sp³-hybridized carbons (Fsp3) is 0.692. The molecule has 0 aliphatic rings. The minimum absolute atomic E-state index is 0.656. The van der Waals surface area contributed by atoms with Gasteiger partial charge in [0.1, 0.15) is 6.33 Å². The summed E-state index contributed by atoms with van der Waals surface area (Å²) in [5.74, 6) is 2.08. The Balaban J connectivity index is 2.57. The van der Waals surface area contributed by atoms with Crippen LogP contribution in [-0.2, 0) is 0 Å². The van der Waals surface area contributed by atoms with Gasteiger partial charge in [-0.15, -0.1) is 0 Å². The maximum Gasteiger partial charge on any atom is 0.204 e. The number of aromatic nitrogens is 2. The molecule has 1 aromatic rings. The quantitative estimate of drug-likeness (QED) is 0.709. The second-order valence-electron chi connectivity index (χ2n) is 4.22. The lowest BCUT2D eigenvalue weighted by Crippen LogP contribution is -2.29. The lowest BCUT2D eigenvalue weighted by Gasteiger charge is -2.20. The summed E-state index contributed by atoms with van der Waals surface area (Å²) >= 11 is 0. The first-order valence-corrected chi connectivity index (χ1v) is 6.79. The van der Waals surface area contributed by atoms with Gasteiger partial charge in [-0.05, 0) is 19.5 Å². The van der Waals surface area contributed by atoms with E-state index in [-0.39, 0.29) is 0 Å².